The van der Waals surface area contributed by atoms with Crippen LogP contribution in [0.4, 0.5) is 0 Å². The lowest BCUT2D eigenvalue weighted by molar-refractivity contribution is 0.353. The van der Waals surface area contributed by atoms with Gasteiger partial charge in [0.15, 0.2) is 10.9 Å². The van der Waals surface area contributed by atoms with Crippen LogP contribution in [0.5, 0.6) is 11.7 Å². The van der Waals surface area contributed by atoms with Gasteiger partial charge < -0.3 is 13.6 Å². The molecule has 0 N–H and O–H groups in total. The molecule has 0 spiro atoms. The zero-order chi connectivity index (χ0) is 15.8. The second kappa shape index (κ2) is 5.14. The first-order valence-corrected chi connectivity index (χ1v) is 6.93. The average molecular weight is 306 g/mol. The minimum atomic E-state index is -0.186. The minimum absolute atomic E-state index is 0.0753. The molecule has 2 heterocycles. The van der Waals surface area contributed by atoms with Crippen LogP contribution < -0.4 is 15.6 Å². The van der Waals surface area contributed by atoms with Gasteiger partial charge in [0.05, 0.1) is 23.1 Å². The number of rotatable bonds is 2. The largest absolute Gasteiger partial charge is 0.464 e. The first kappa shape index (κ1) is 13.3. The van der Waals surface area contributed by atoms with E-state index in [2.05, 4.69) is 0 Å². The maximum absolute atomic E-state index is 12.0. The molecule has 0 unspecified atom stereocenters. The second-order valence-corrected chi connectivity index (χ2v) is 4.97. The molecule has 0 amide bonds. The van der Waals surface area contributed by atoms with Gasteiger partial charge in [0.25, 0.3) is 5.95 Å². The third-order valence-electron chi connectivity index (χ3n) is 3.46. The lowest BCUT2D eigenvalue weighted by atomic mass is 10.2. The van der Waals surface area contributed by atoms with E-state index in [1.165, 1.54) is 18.4 Å². The highest BCUT2D eigenvalue weighted by Gasteiger charge is 2.08. The second-order valence-electron chi connectivity index (χ2n) is 4.97. The molecule has 0 saturated heterocycles. The van der Waals surface area contributed by atoms with E-state index in [0.29, 0.717) is 27.7 Å². The summed E-state index contributed by atoms with van der Waals surface area (Å²) in [5, 5.41) is 0.948. The molecule has 23 heavy (non-hydrogen) atoms. The van der Waals surface area contributed by atoms with Crippen LogP contribution in [-0.4, -0.2) is 0 Å². The third kappa shape index (κ3) is 2.38. The fraction of sp³-hybridized carbons (Fsp3) is 0. The summed E-state index contributed by atoms with van der Waals surface area (Å²) in [6, 6.07) is 14.4. The van der Waals surface area contributed by atoms with Gasteiger partial charge >= 0.3 is 0 Å². The predicted octanol–water partition coefficient (Wildman–Crippen LogP) is 3.69. The number of hydrogen-bond acceptors (Lipinski definition) is 5. The molecular weight excluding hydrogens is 296 g/mol. The number of fused-ring (bicyclic) bond motifs is 2. The van der Waals surface area contributed by atoms with E-state index in [-0.39, 0.29) is 16.8 Å². The van der Waals surface area contributed by atoms with Crippen molar-refractivity contribution in [2.45, 2.75) is 0 Å². The molecule has 5 nitrogen and oxygen atoms in total. The van der Waals surface area contributed by atoms with Crippen molar-refractivity contribution in [2.24, 2.45) is 0 Å². The summed E-state index contributed by atoms with van der Waals surface area (Å²) in [5.74, 6) is 0.483. The van der Waals surface area contributed by atoms with E-state index in [1.54, 1.807) is 42.5 Å². The normalized spacial score (nSPS) is 11.0. The zero-order valence-corrected chi connectivity index (χ0v) is 11.8. The Hall–Kier alpha value is -3.34. The SMILES string of the molecule is O=c1ccoc2cc(Oc3cc(=O)c4ccccc4o3)ccc12. The minimum Gasteiger partial charge on any atom is -0.464 e. The first-order chi connectivity index (χ1) is 11.2. The molecule has 0 aliphatic rings. The first-order valence-electron chi connectivity index (χ1n) is 6.93. The van der Waals surface area contributed by atoms with Crippen LogP contribution in [0, 0.1) is 0 Å². The van der Waals surface area contributed by atoms with Gasteiger partial charge in [-0.1, -0.05) is 12.1 Å². The summed E-state index contributed by atoms with van der Waals surface area (Å²) < 4.78 is 16.4. The molecule has 0 radical (unpaired) electrons. The lowest BCUT2D eigenvalue weighted by Gasteiger charge is -2.06. The highest BCUT2D eigenvalue weighted by atomic mass is 16.6. The summed E-state index contributed by atoms with van der Waals surface area (Å²) in [5.41, 5.74) is 0.532. The highest BCUT2D eigenvalue weighted by molar-refractivity contribution is 5.78. The van der Waals surface area contributed by atoms with Gasteiger partial charge in [-0.25, -0.2) is 0 Å². The van der Waals surface area contributed by atoms with Gasteiger partial charge in [-0.3, -0.25) is 9.59 Å². The summed E-state index contributed by atoms with van der Waals surface area (Å²) in [7, 11) is 0. The number of ether oxygens (including phenoxy) is 1. The standard InChI is InChI=1S/C18H10O5/c19-14-7-8-21-17-9-11(5-6-13(14)17)22-18-10-15(20)12-3-1-2-4-16(12)23-18/h1-10H. The van der Waals surface area contributed by atoms with Crippen molar-refractivity contribution in [1.82, 2.24) is 0 Å². The zero-order valence-electron chi connectivity index (χ0n) is 11.8. The Kier molecular flexibility index (Phi) is 2.98. The van der Waals surface area contributed by atoms with E-state index in [4.69, 9.17) is 13.6 Å². The van der Waals surface area contributed by atoms with Crippen LogP contribution in [-0.2, 0) is 0 Å². The molecule has 0 atom stereocenters. The van der Waals surface area contributed by atoms with E-state index in [1.807, 2.05) is 0 Å². The van der Waals surface area contributed by atoms with Crippen molar-refractivity contribution in [3.63, 3.8) is 0 Å². The Balaban J connectivity index is 1.78. The molecule has 0 bridgehead atoms. The fourth-order valence-corrected chi connectivity index (χ4v) is 2.37. The van der Waals surface area contributed by atoms with Crippen LogP contribution >= 0.6 is 0 Å². The number of para-hydroxylation sites is 1. The molecule has 4 rings (SSSR count). The number of hydrogen-bond donors (Lipinski definition) is 0. The van der Waals surface area contributed by atoms with Crippen molar-refractivity contribution < 1.29 is 13.6 Å². The van der Waals surface area contributed by atoms with Crippen LogP contribution in [0.15, 0.2) is 79.3 Å². The summed E-state index contributed by atoms with van der Waals surface area (Å²) in [4.78, 5) is 23.7. The highest BCUT2D eigenvalue weighted by Crippen LogP contribution is 2.25. The molecule has 0 saturated carbocycles. The Morgan fingerprint density at radius 3 is 2.52 bits per heavy atom. The van der Waals surface area contributed by atoms with Crippen molar-refractivity contribution >= 4 is 21.9 Å². The molecule has 4 aromatic rings. The molecule has 112 valence electrons. The quantitative estimate of drug-likeness (QED) is 0.565. The van der Waals surface area contributed by atoms with Crippen molar-refractivity contribution in [1.29, 1.82) is 0 Å². The molecule has 2 aromatic carbocycles. The third-order valence-corrected chi connectivity index (χ3v) is 3.46. The Morgan fingerprint density at radius 2 is 1.61 bits per heavy atom. The Bertz CT molecular complexity index is 1140. The van der Waals surface area contributed by atoms with Crippen molar-refractivity contribution in [2.75, 3.05) is 0 Å². The monoisotopic (exact) mass is 306 g/mol. The molecule has 0 aliphatic heterocycles. The molecule has 5 heteroatoms. The van der Waals surface area contributed by atoms with E-state index in [0.717, 1.165) is 0 Å². The van der Waals surface area contributed by atoms with Crippen LogP contribution in [0.1, 0.15) is 0 Å². The van der Waals surface area contributed by atoms with Gasteiger partial charge in [0.1, 0.15) is 16.9 Å². The van der Waals surface area contributed by atoms with E-state index in [9.17, 15) is 9.59 Å². The molecule has 2 aromatic heterocycles. The predicted molar refractivity (Wildman–Crippen MR) is 85.0 cm³/mol. The van der Waals surface area contributed by atoms with Crippen LogP contribution in [0.25, 0.3) is 21.9 Å². The van der Waals surface area contributed by atoms with E-state index < -0.39 is 0 Å². The smallest absolute Gasteiger partial charge is 0.294 e. The average Bonchev–Trinajstić information content (AvgIpc) is 2.55. The number of benzene rings is 2. The van der Waals surface area contributed by atoms with Gasteiger partial charge in [0.2, 0.25) is 0 Å². The van der Waals surface area contributed by atoms with Gasteiger partial charge in [0, 0.05) is 12.1 Å². The lowest BCUT2D eigenvalue weighted by Crippen LogP contribution is -2.00. The van der Waals surface area contributed by atoms with Gasteiger partial charge in [-0.05, 0) is 24.3 Å². The Morgan fingerprint density at radius 1 is 0.783 bits per heavy atom. The Labute approximate surface area is 129 Å². The van der Waals surface area contributed by atoms with Crippen LogP contribution in [0.3, 0.4) is 0 Å². The van der Waals surface area contributed by atoms with Gasteiger partial charge in [-0.2, -0.15) is 0 Å². The van der Waals surface area contributed by atoms with Crippen molar-refractivity contribution in [3.8, 4) is 11.7 Å². The van der Waals surface area contributed by atoms with E-state index >= 15 is 0 Å². The van der Waals surface area contributed by atoms with Gasteiger partial charge in [-0.15, -0.1) is 0 Å². The summed E-state index contributed by atoms with van der Waals surface area (Å²) in [6.45, 7) is 0. The molecule has 0 aliphatic carbocycles. The van der Waals surface area contributed by atoms with Crippen LogP contribution in [0.2, 0.25) is 0 Å². The molecular formula is C18H10O5. The molecule has 0 fully saturated rings. The fourth-order valence-electron chi connectivity index (χ4n) is 2.37. The summed E-state index contributed by atoms with van der Waals surface area (Å²) >= 11 is 0. The maximum atomic E-state index is 12.0. The summed E-state index contributed by atoms with van der Waals surface area (Å²) in [6.07, 6.45) is 1.32. The maximum Gasteiger partial charge on any atom is 0.294 e. The van der Waals surface area contributed by atoms with Crippen molar-refractivity contribution in [3.05, 3.63) is 81.3 Å². The topological polar surface area (TPSA) is 69.7 Å².